The number of aromatic nitrogens is 1. The first-order chi connectivity index (χ1) is 8.61. The van der Waals surface area contributed by atoms with Crippen molar-refractivity contribution in [2.45, 2.75) is 59.0 Å². The molecule has 1 heterocycles. The molecule has 2 atom stereocenters. The molecule has 1 aromatic rings. The fourth-order valence-corrected chi connectivity index (χ4v) is 2.09. The Hall–Kier alpha value is -1.09. The zero-order valence-electron chi connectivity index (χ0n) is 12.2. The van der Waals surface area contributed by atoms with Crippen LogP contribution in [0.2, 0.25) is 0 Å². The van der Waals surface area contributed by atoms with Crippen molar-refractivity contribution >= 4 is 5.82 Å². The molecule has 102 valence electrons. The molecule has 18 heavy (non-hydrogen) atoms. The van der Waals surface area contributed by atoms with Crippen molar-refractivity contribution in [1.29, 1.82) is 0 Å². The lowest BCUT2D eigenvalue weighted by Crippen LogP contribution is -2.35. The third kappa shape index (κ3) is 3.70. The van der Waals surface area contributed by atoms with Gasteiger partial charge in [0.25, 0.3) is 0 Å². The predicted octanol–water partition coefficient (Wildman–Crippen LogP) is 3.51. The van der Waals surface area contributed by atoms with Crippen LogP contribution < -0.4 is 10.6 Å². The van der Waals surface area contributed by atoms with Crippen molar-refractivity contribution < 1.29 is 0 Å². The first kappa shape index (κ1) is 15.0. The van der Waals surface area contributed by atoms with E-state index in [2.05, 4.69) is 36.7 Å². The van der Waals surface area contributed by atoms with E-state index < -0.39 is 0 Å². The highest BCUT2D eigenvalue weighted by atomic mass is 15.2. The largest absolute Gasteiger partial charge is 0.354 e. The summed E-state index contributed by atoms with van der Waals surface area (Å²) in [4.78, 5) is 6.97. The average molecular weight is 249 g/mol. The van der Waals surface area contributed by atoms with Crippen LogP contribution in [0.5, 0.6) is 0 Å². The van der Waals surface area contributed by atoms with Crippen LogP contribution in [-0.2, 0) is 0 Å². The molecule has 0 radical (unpaired) electrons. The predicted molar refractivity (Wildman–Crippen MR) is 78.8 cm³/mol. The van der Waals surface area contributed by atoms with Crippen LogP contribution in [0.4, 0.5) is 5.82 Å². The summed E-state index contributed by atoms with van der Waals surface area (Å²) in [6, 6.07) is 4.59. The maximum absolute atomic E-state index is 6.06. The summed E-state index contributed by atoms with van der Waals surface area (Å²) in [5.74, 6) is 1.07. The van der Waals surface area contributed by atoms with E-state index >= 15 is 0 Å². The molecule has 0 bridgehead atoms. The fraction of sp³-hybridized carbons (Fsp3) is 0.667. The number of unbranched alkanes of at least 4 members (excludes halogenated alkanes) is 1. The lowest BCUT2D eigenvalue weighted by molar-refractivity contribution is 0.584. The molecular formula is C15H27N3. The topological polar surface area (TPSA) is 42.2 Å². The van der Waals surface area contributed by atoms with Gasteiger partial charge in [-0.15, -0.1) is 0 Å². The highest BCUT2D eigenvalue weighted by Crippen LogP contribution is 2.25. The Balaban J connectivity index is 3.03. The Morgan fingerprint density at radius 2 is 2.06 bits per heavy atom. The second kappa shape index (κ2) is 7.37. The molecule has 3 nitrogen and oxygen atoms in total. The Bertz CT molecular complexity index is 349. The van der Waals surface area contributed by atoms with Crippen molar-refractivity contribution in [2.75, 3.05) is 11.4 Å². The van der Waals surface area contributed by atoms with E-state index in [0.29, 0.717) is 6.04 Å². The summed E-state index contributed by atoms with van der Waals surface area (Å²) in [6.07, 6.45) is 5.38. The minimum absolute atomic E-state index is 0.0295. The molecule has 0 saturated heterocycles. The number of pyridine rings is 1. The van der Waals surface area contributed by atoms with Crippen LogP contribution in [0.3, 0.4) is 0 Å². The number of hydrogen-bond acceptors (Lipinski definition) is 3. The number of rotatable bonds is 7. The molecule has 0 aromatic carbocycles. The van der Waals surface area contributed by atoms with Crippen LogP contribution in [0.15, 0.2) is 18.3 Å². The Morgan fingerprint density at radius 3 is 2.61 bits per heavy atom. The standard InChI is InChI=1S/C15H27N3/c1-5-7-11-18(12(3)6-2)15-14(13(4)16)9-8-10-17-15/h8-10,12-13H,5-7,11,16H2,1-4H3. The van der Waals surface area contributed by atoms with E-state index in [9.17, 15) is 0 Å². The van der Waals surface area contributed by atoms with Crippen LogP contribution in [-0.4, -0.2) is 17.6 Å². The van der Waals surface area contributed by atoms with E-state index in [1.54, 1.807) is 0 Å². The minimum atomic E-state index is 0.0295. The van der Waals surface area contributed by atoms with Gasteiger partial charge in [-0.2, -0.15) is 0 Å². The van der Waals surface area contributed by atoms with Gasteiger partial charge in [0.15, 0.2) is 0 Å². The second-order valence-corrected chi connectivity index (χ2v) is 5.01. The number of anilines is 1. The van der Waals surface area contributed by atoms with Crippen molar-refractivity contribution in [3.05, 3.63) is 23.9 Å². The first-order valence-electron chi connectivity index (χ1n) is 7.08. The van der Waals surface area contributed by atoms with Crippen LogP contribution >= 0.6 is 0 Å². The highest BCUT2D eigenvalue weighted by molar-refractivity contribution is 5.49. The molecule has 1 rings (SSSR count). The molecule has 0 aliphatic heterocycles. The van der Waals surface area contributed by atoms with E-state index in [4.69, 9.17) is 5.73 Å². The lowest BCUT2D eigenvalue weighted by atomic mass is 10.1. The van der Waals surface area contributed by atoms with Gasteiger partial charge in [0, 0.05) is 30.4 Å². The van der Waals surface area contributed by atoms with E-state index in [1.807, 2.05) is 19.2 Å². The van der Waals surface area contributed by atoms with Gasteiger partial charge in [-0.05, 0) is 32.8 Å². The van der Waals surface area contributed by atoms with Gasteiger partial charge in [-0.1, -0.05) is 26.3 Å². The van der Waals surface area contributed by atoms with Crippen molar-refractivity contribution in [2.24, 2.45) is 5.73 Å². The van der Waals surface area contributed by atoms with Gasteiger partial charge >= 0.3 is 0 Å². The Kier molecular flexibility index (Phi) is 6.13. The summed E-state index contributed by atoms with van der Waals surface area (Å²) in [6.45, 7) is 9.78. The zero-order valence-corrected chi connectivity index (χ0v) is 12.2. The van der Waals surface area contributed by atoms with Crippen LogP contribution in [0.1, 0.15) is 58.6 Å². The average Bonchev–Trinajstić information content (AvgIpc) is 2.39. The molecule has 2 unspecified atom stereocenters. The molecule has 0 saturated carbocycles. The maximum atomic E-state index is 6.06. The molecule has 0 amide bonds. The molecule has 1 aromatic heterocycles. The van der Waals surface area contributed by atoms with E-state index in [1.165, 1.54) is 12.8 Å². The van der Waals surface area contributed by atoms with Gasteiger partial charge in [0.05, 0.1) is 0 Å². The monoisotopic (exact) mass is 249 g/mol. The first-order valence-corrected chi connectivity index (χ1v) is 7.08. The highest BCUT2D eigenvalue weighted by Gasteiger charge is 2.18. The molecule has 3 heteroatoms. The summed E-state index contributed by atoms with van der Waals surface area (Å²) < 4.78 is 0. The van der Waals surface area contributed by atoms with Gasteiger partial charge in [-0.25, -0.2) is 4.98 Å². The molecule has 0 fully saturated rings. The molecule has 2 N–H and O–H groups in total. The van der Waals surface area contributed by atoms with Gasteiger partial charge in [-0.3, -0.25) is 0 Å². The van der Waals surface area contributed by atoms with E-state index in [-0.39, 0.29) is 6.04 Å². The van der Waals surface area contributed by atoms with Gasteiger partial charge < -0.3 is 10.6 Å². The fourth-order valence-electron chi connectivity index (χ4n) is 2.09. The lowest BCUT2D eigenvalue weighted by Gasteiger charge is -2.32. The van der Waals surface area contributed by atoms with Crippen molar-refractivity contribution in [3.8, 4) is 0 Å². The van der Waals surface area contributed by atoms with Gasteiger partial charge in [0.1, 0.15) is 5.82 Å². The van der Waals surface area contributed by atoms with Crippen LogP contribution in [0, 0.1) is 0 Å². The zero-order chi connectivity index (χ0) is 13.5. The summed E-state index contributed by atoms with van der Waals surface area (Å²) in [5, 5.41) is 0. The summed E-state index contributed by atoms with van der Waals surface area (Å²) in [5.41, 5.74) is 7.20. The number of nitrogens with zero attached hydrogens (tertiary/aromatic N) is 2. The van der Waals surface area contributed by atoms with Crippen LogP contribution in [0.25, 0.3) is 0 Å². The minimum Gasteiger partial charge on any atom is -0.354 e. The van der Waals surface area contributed by atoms with Gasteiger partial charge in [0.2, 0.25) is 0 Å². The SMILES string of the molecule is CCCCN(c1ncccc1C(C)N)C(C)CC. The van der Waals surface area contributed by atoms with Crippen molar-refractivity contribution in [1.82, 2.24) is 4.98 Å². The van der Waals surface area contributed by atoms with E-state index in [0.717, 1.165) is 24.3 Å². The quantitative estimate of drug-likeness (QED) is 0.804. The molecule has 0 aliphatic rings. The third-order valence-corrected chi connectivity index (χ3v) is 3.45. The molecule has 0 aliphatic carbocycles. The number of nitrogens with two attached hydrogens (primary N) is 1. The number of hydrogen-bond donors (Lipinski definition) is 1. The Morgan fingerprint density at radius 1 is 1.33 bits per heavy atom. The molecule has 0 spiro atoms. The van der Waals surface area contributed by atoms with Crippen molar-refractivity contribution in [3.63, 3.8) is 0 Å². The Labute approximate surface area is 111 Å². The summed E-state index contributed by atoms with van der Waals surface area (Å²) in [7, 11) is 0. The second-order valence-electron chi connectivity index (χ2n) is 5.01. The normalized spacial score (nSPS) is 14.3. The maximum Gasteiger partial charge on any atom is 0.133 e. The third-order valence-electron chi connectivity index (χ3n) is 3.45. The smallest absolute Gasteiger partial charge is 0.133 e. The summed E-state index contributed by atoms with van der Waals surface area (Å²) >= 11 is 0. The molecular weight excluding hydrogens is 222 g/mol.